The van der Waals surface area contributed by atoms with E-state index in [0.29, 0.717) is 0 Å². The Morgan fingerprint density at radius 1 is 1.46 bits per heavy atom. The van der Waals surface area contributed by atoms with Crippen molar-refractivity contribution >= 4 is 12.0 Å². The highest BCUT2D eigenvalue weighted by Crippen LogP contribution is 2.27. The zero-order valence-electron chi connectivity index (χ0n) is 7.76. The fourth-order valence-corrected chi connectivity index (χ4v) is 1.89. The number of fused-ring (bicyclic) bond motifs is 1. The lowest BCUT2D eigenvalue weighted by Gasteiger charge is -2.21. The summed E-state index contributed by atoms with van der Waals surface area (Å²) in [5.74, 6) is 0. The molecule has 68 valence electrons. The standard InChI is InChI=1S/C11H13NO/c1-8-4-5-9(7-13)10-3-2-6-12-11(8)10/h4-5,7,12H,2-3,6H2,1H3. The number of hydrogen-bond acceptors (Lipinski definition) is 2. The summed E-state index contributed by atoms with van der Waals surface area (Å²) in [4.78, 5) is 10.8. The second kappa shape index (κ2) is 3.21. The van der Waals surface area contributed by atoms with Crippen LogP contribution in [0.2, 0.25) is 0 Å². The maximum Gasteiger partial charge on any atom is 0.150 e. The van der Waals surface area contributed by atoms with Crippen LogP contribution in [0.5, 0.6) is 0 Å². The van der Waals surface area contributed by atoms with Gasteiger partial charge in [-0.2, -0.15) is 0 Å². The first-order chi connectivity index (χ1) is 6.33. The predicted octanol–water partition coefficient (Wildman–Crippen LogP) is 2.17. The van der Waals surface area contributed by atoms with Gasteiger partial charge in [0.1, 0.15) is 6.29 Å². The highest BCUT2D eigenvalue weighted by atomic mass is 16.1. The van der Waals surface area contributed by atoms with E-state index in [1.165, 1.54) is 16.8 Å². The average molecular weight is 175 g/mol. The van der Waals surface area contributed by atoms with Crippen molar-refractivity contribution in [3.8, 4) is 0 Å². The molecular formula is C11H13NO. The van der Waals surface area contributed by atoms with Crippen molar-refractivity contribution in [2.45, 2.75) is 19.8 Å². The molecule has 1 aromatic carbocycles. The van der Waals surface area contributed by atoms with E-state index in [0.717, 1.165) is 31.2 Å². The van der Waals surface area contributed by atoms with Crippen molar-refractivity contribution in [1.82, 2.24) is 0 Å². The molecule has 2 rings (SSSR count). The minimum atomic E-state index is 0.841. The highest BCUT2D eigenvalue weighted by molar-refractivity contribution is 5.82. The van der Waals surface area contributed by atoms with E-state index in [1.807, 2.05) is 12.1 Å². The van der Waals surface area contributed by atoms with Crippen LogP contribution in [0.4, 0.5) is 5.69 Å². The van der Waals surface area contributed by atoms with Gasteiger partial charge in [0.2, 0.25) is 0 Å². The fourth-order valence-electron chi connectivity index (χ4n) is 1.89. The van der Waals surface area contributed by atoms with Crippen molar-refractivity contribution in [3.05, 3.63) is 28.8 Å². The molecule has 2 nitrogen and oxygen atoms in total. The van der Waals surface area contributed by atoms with Crippen molar-refractivity contribution in [3.63, 3.8) is 0 Å². The van der Waals surface area contributed by atoms with Gasteiger partial charge in [-0.25, -0.2) is 0 Å². The first-order valence-electron chi connectivity index (χ1n) is 4.64. The smallest absolute Gasteiger partial charge is 0.150 e. The number of benzene rings is 1. The number of hydrogen-bond donors (Lipinski definition) is 1. The van der Waals surface area contributed by atoms with Crippen LogP contribution in [0.15, 0.2) is 12.1 Å². The van der Waals surface area contributed by atoms with Crippen LogP contribution in [0.25, 0.3) is 0 Å². The predicted molar refractivity (Wildman–Crippen MR) is 53.4 cm³/mol. The first-order valence-corrected chi connectivity index (χ1v) is 4.64. The molecule has 2 heteroatoms. The second-order valence-corrected chi connectivity index (χ2v) is 3.47. The van der Waals surface area contributed by atoms with Crippen molar-refractivity contribution in [2.24, 2.45) is 0 Å². The summed E-state index contributed by atoms with van der Waals surface area (Å²) in [5.41, 5.74) is 4.45. The molecule has 1 aliphatic rings. The van der Waals surface area contributed by atoms with Gasteiger partial charge in [0, 0.05) is 17.8 Å². The molecule has 13 heavy (non-hydrogen) atoms. The molecule has 1 heterocycles. The van der Waals surface area contributed by atoms with Crippen LogP contribution < -0.4 is 5.32 Å². The van der Waals surface area contributed by atoms with E-state index in [9.17, 15) is 4.79 Å². The summed E-state index contributed by atoms with van der Waals surface area (Å²) in [5, 5.41) is 3.35. The van der Waals surface area contributed by atoms with Crippen molar-refractivity contribution in [1.29, 1.82) is 0 Å². The lowest BCUT2D eigenvalue weighted by molar-refractivity contribution is 0.112. The maximum absolute atomic E-state index is 10.8. The Labute approximate surface area is 78.0 Å². The number of carbonyl (C=O) groups excluding carboxylic acids is 1. The van der Waals surface area contributed by atoms with Crippen LogP contribution >= 0.6 is 0 Å². The number of aldehydes is 1. The minimum Gasteiger partial charge on any atom is -0.385 e. The molecule has 1 aliphatic heterocycles. The monoisotopic (exact) mass is 175 g/mol. The van der Waals surface area contributed by atoms with Gasteiger partial charge in [-0.1, -0.05) is 12.1 Å². The highest BCUT2D eigenvalue weighted by Gasteiger charge is 2.13. The normalized spacial score (nSPS) is 14.5. The van der Waals surface area contributed by atoms with Gasteiger partial charge in [-0.3, -0.25) is 4.79 Å². The van der Waals surface area contributed by atoms with Crippen LogP contribution in [0, 0.1) is 6.92 Å². The summed E-state index contributed by atoms with van der Waals surface area (Å²) in [6.45, 7) is 3.10. The van der Waals surface area contributed by atoms with Gasteiger partial charge in [0.15, 0.2) is 0 Å². The molecule has 0 aliphatic carbocycles. The lowest BCUT2D eigenvalue weighted by Crippen LogP contribution is -2.14. The molecule has 0 amide bonds. The van der Waals surface area contributed by atoms with Crippen molar-refractivity contribution < 1.29 is 4.79 Å². The summed E-state index contributed by atoms with van der Waals surface area (Å²) in [6, 6.07) is 3.91. The molecule has 0 spiro atoms. The van der Waals surface area contributed by atoms with E-state index in [-0.39, 0.29) is 0 Å². The zero-order valence-corrected chi connectivity index (χ0v) is 7.76. The number of rotatable bonds is 1. The Hall–Kier alpha value is -1.31. The van der Waals surface area contributed by atoms with Gasteiger partial charge in [-0.05, 0) is 30.9 Å². The molecule has 0 bridgehead atoms. The summed E-state index contributed by atoms with van der Waals surface area (Å²) in [6.07, 6.45) is 3.10. The third-order valence-electron chi connectivity index (χ3n) is 2.59. The molecule has 0 aromatic heterocycles. The number of nitrogens with one attached hydrogen (secondary N) is 1. The summed E-state index contributed by atoms with van der Waals surface area (Å²) < 4.78 is 0. The van der Waals surface area contributed by atoms with E-state index >= 15 is 0 Å². The summed E-state index contributed by atoms with van der Waals surface area (Å²) in [7, 11) is 0. The van der Waals surface area contributed by atoms with E-state index in [2.05, 4.69) is 12.2 Å². The molecule has 1 N–H and O–H groups in total. The lowest BCUT2D eigenvalue weighted by atomic mass is 9.95. The molecule has 0 unspecified atom stereocenters. The number of carbonyl (C=O) groups is 1. The quantitative estimate of drug-likeness (QED) is 0.663. The zero-order chi connectivity index (χ0) is 9.26. The topological polar surface area (TPSA) is 29.1 Å². The SMILES string of the molecule is Cc1ccc(C=O)c2c1NCCC2. The Kier molecular flexibility index (Phi) is 2.05. The van der Waals surface area contributed by atoms with E-state index in [1.54, 1.807) is 0 Å². The third kappa shape index (κ3) is 1.32. The second-order valence-electron chi connectivity index (χ2n) is 3.47. The van der Waals surface area contributed by atoms with Gasteiger partial charge in [0.05, 0.1) is 0 Å². The maximum atomic E-state index is 10.8. The van der Waals surface area contributed by atoms with Gasteiger partial charge in [-0.15, -0.1) is 0 Å². The van der Waals surface area contributed by atoms with Crippen LogP contribution in [-0.4, -0.2) is 12.8 Å². The van der Waals surface area contributed by atoms with Gasteiger partial charge in [0.25, 0.3) is 0 Å². The van der Waals surface area contributed by atoms with Crippen LogP contribution in [0.1, 0.15) is 27.9 Å². The molecule has 0 atom stereocenters. The Balaban J connectivity index is 2.58. The van der Waals surface area contributed by atoms with Crippen LogP contribution in [0.3, 0.4) is 0 Å². The molecule has 0 saturated carbocycles. The average Bonchev–Trinajstić information content (AvgIpc) is 2.19. The molecule has 0 fully saturated rings. The number of anilines is 1. The van der Waals surface area contributed by atoms with Gasteiger partial charge < -0.3 is 5.32 Å². The van der Waals surface area contributed by atoms with Crippen LogP contribution in [-0.2, 0) is 6.42 Å². The van der Waals surface area contributed by atoms with E-state index in [4.69, 9.17) is 0 Å². The Morgan fingerprint density at radius 2 is 2.31 bits per heavy atom. The third-order valence-corrected chi connectivity index (χ3v) is 2.59. The largest absolute Gasteiger partial charge is 0.385 e. The molecular weight excluding hydrogens is 162 g/mol. The van der Waals surface area contributed by atoms with Crippen molar-refractivity contribution in [2.75, 3.05) is 11.9 Å². The fraction of sp³-hybridized carbons (Fsp3) is 0.364. The summed E-state index contributed by atoms with van der Waals surface area (Å²) >= 11 is 0. The molecule has 0 saturated heterocycles. The van der Waals surface area contributed by atoms with E-state index < -0.39 is 0 Å². The molecule has 1 aromatic rings. The number of aryl methyl sites for hydroxylation is 1. The minimum absolute atomic E-state index is 0.841. The van der Waals surface area contributed by atoms with Gasteiger partial charge >= 0.3 is 0 Å². The first kappa shape index (κ1) is 8.30. The Bertz CT molecular complexity index is 344. The Morgan fingerprint density at radius 3 is 3.08 bits per heavy atom. The molecule has 0 radical (unpaired) electrons.